The van der Waals surface area contributed by atoms with Gasteiger partial charge in [-0.2, -0.15) is 0 Å². The Labute approximate surface area is 85.7 Å². The maximum absolute atomic E-state index is 9.96. The summed E-state index contributed by atoms with van der Waals surface area (Å²) in [5, 5.41) is 9.96. The van der Waals surface area contributed by atoms with Crippen LogP contribution in [-0.2, 0) is 4.74 Å². The van der Waals surface area contributed by atoms with Gasteiger partial charge in [0.2, 0.25) is 0 Å². The fourth-order valence-electron chi connectivity index (χ4n) is 1.62. The van der Waals surface area contributed by atoms with Crippen molar-refractivity contribution in [2.45, 2.75) is 37.7 Å². The van der Waals surface area contributed by atoms with Gasteiger partial charge in [-0.3, -0.25) is 0 Å². The first-order chi connectivity index (χ1) is 6.77. The molecular formula is C12H16O2. The summed E-state index contributed by atoms with van der Waals surface area (Å²) < 4.78 is 5.00. The third-order valence-corrected chi connectivity index (χ3v) is 2.36. The van der Waals surface area contributed by atoms with Crippen molar-refractivity contribution in [1.29, 1.82) is 0 Å². The number of terminal acetylenes is 1. The molecule has 0 bridgehead atoms. The molecule has 1 rings (SSSR count). The second kappa shape index (κ2) is 5.70. The third kappa shape index (κ3) is 3.83. The van der Waals surface area contributed by atoms with E-state index in [9.17, 15) is 5.11 Å². The molecule has 0 atom stereocenters. The first kappa shape index (κ1) is 11.1. The highest BCUT2D eigenvalue weighted by molar-refractivity contribution is 5.14. The topological polar surface area (TPSA) is 29.5 Å². The number of rotatable bonds is 2. The van der Waals surface area contributed by atoms with Crippen LogP contribution >= 0.6 is 0 Å². The minimum atomic E-state index is -0.766. The zero-order chi connectivity index (χ0) is 10.3. The van der Waals surface area contributed by atoms with E-state index in [-0.39, 0.29) is 6.61 Å². The Kier molecular flexibility index (Phi) is 4.53. The van der Waals surface area contributed by atoms with Crippen LogP contribution in [0.2, 0.25) is 0 Å². The van der Waals surface area contributed by atoms with Crippen molar-refractivity contribution < 1.29 is 9.84 Å². The smallest absolute Gasteiger partial charge is 0.125 e. The van der Waals surface area contributed by atoms with Gasteiger partial charge in [0.05, 0.1) is 0 Å². The molecule has 0 radical (unpaired) electrons. The molecule has 1 aliphatic carbocycles. The average molecular weight is 192 g/mol. The van der Waals surface area contributed by atoms with Gasteiger partial charge >= 0.3 is 0 Å². The fraction of sp³-hybridized carbons (Fsp3) is 0.667. The quantitative estimate of drug-likeness (QED) is 0.528. The van der Waals surface area contributed by atoms with Crippen LogP contribution in [0.5, 0.6) is 0 Å². The summed E-state index contributed by atoms with van der Waals surface area (Å²) in [5.41, 5.74) is -0.766. The molecule has 0 aromatic heterocycles. The summed E-state index contributed by atoms with van der Waals surface area (Å²) in [6.07, 6.45) is 9.92. The lowest BCUT2D eigenvalue weighted by Gasteiger charge is -2.26. The van der Waals surface area contributed by atoms with Gasteiger partial charge in [-0.1, -0.05) is 24.2 Å². The number of ether oxygens (including phenoxy) is 1. The van der Waals surface area contributed by atoms with Gasteiger partial charge < -0.3 is 9.84 Å². The molecule has 0 heterocycles. The maximum Gasteiger partial charge on any atom is 0.125 e. The molecule has 0 aromatic carbocycles. The fourth-order valence-corrected chi connectivity index (χ4v) is 1.62. The zero-order valence-electron chi connectivity index (χ0n) is 8.38. The summed E-state index contributed by atoms with van der Waals surface area (Å²) in [6, 6.07) is 0. The van der Waals surface area contributed by atoms with E-state index in [2.05, 4.69) is 17.8 Å². The van der Waals surface area contributed by atoms with Crippen molar-refractivity contribution in [2.24, 2.45) is 0 Å². The highest BCUT2D eigenvalue weighted by atomic mass is 16.5. The molecule has 0 saturated heterocycles. The van der Waals surface area contributed by atoms with Crippen LogP contribution in [-0.4, -0.2) is 23.9 Å². The monoisotopic (exact) mass is 192 g/mol. The van der Waals surface area contributed by atoms with E-state index in [1.54, 1.807) is 0 Å². The molecule has 0 aromatic rings. The standard InChI is InChI=1S/C12H16O2/c1-2-10-14-11-6-9-12(13)7-4-3-5-8-12/h1,13H,3-5,7-8,10-11H2. The Bertz CT molecular complexity index is 258. The van der Waals surface area contributed by atoms with Gasteiger partial charge in [0.25, 0.3) is 0 Å². The lowest BCUT2D eigenvalue weighted by molar-refractivity contribution is 0.0606. The molecule has 1 aliphatic rings. The van der Waals surface area contributed by atoms with Crippen molar-refractivity contribution >= 4 is 0 Å². The van der Waals surface area contributed by atoms with Gasteiger partial charge in [0, 0.05) is 0 Å². The second-order valence-electron chi connectivity index (χ2n) is 3.59. The van der Waals surface area contributed by atoms with E-state index in [4.69, 9.17) is 11.2 Å². The van der Waals surface area contributed by atoms with E-state index in [0.717, 1.165) is 25.7 Å². The predicted molar refractivity (Wildman–Crippen MR) is 55.5 cm³/mol. The molecular weight excluding hydrogens is 176 g/mol. The predicted octanol–water partition coefficient (Wildman–Crippen LogP) is 1.33. The Hall–Kier alpha value is -0.960. The first-order valence-electron chi connectivity index (χ1n) is 5.00. The SMILES string of the molecule is C#CCOCC#CC1(O)CCCCC1. The molecule has 2 heteroatoms. The highest BCUT2D eigenvalue weighted by Gasteiger charge is 2.26. The molecule has 0 unspecified atom stereocenters. The zero-order valence-corrected chi connectivity index (χ0v) is 8.38. The lowest BCUT2D eigenvalue weighted by atomic mass is 9.85. The minimum absolute atomic E-state index is 0.285. The van der Waals surface area contributed by atoms with Crippen LogP contribution in [0.3, 0.4) is 0 Å². The van der Waals surface area contributed by atoms with Crippen LogP contribution < -0.4 is 0 Å². The molecule has 1 N–H and O–H groups in total. The molecule has 2 nitrogen and oxygen atoms in total. The van der Waals surface area contributed by atoms with Gasteiger partial charge in [0.15, 0.2) is 0 Å². The van der Waals surface area contributed by atoms with E-state index in [1.165, 1.54) is 6.42 Å². The Morgan fingerprint density at radius 2 is 1.93 bits per heavy atom. The minimum Gasteiger partial charge on any atom is -0.378 e. The van der Waals surface area contributed by atoms with Crippen molar-refractivity contribution in [3.05, 3.63) is 0 Å². The van der Waals surface area contributed by atoms with Gasteiger partial charge in [-0.25, -0.2) is 0 Å². The number of aliphatic hydroxyl groups is 1. The van der Waals surface area contributed by atoms with E-state index >= 15 is 0 Å². The Morgan fingerprint density at radius 1 is 1.21 bits per heavy atom. The van der Waals surface area contributed by atoms with Crippen LogP contribution in [0.1, 0.15) is 32.1 Å². The Balaban J connectivity index is 2.29. The molecule has 0 aliphatic heterocycles. The van der Waals surface area contributed by atoms with E-state index < -0.39 is 5.60 Å². The second-order valence-corrected chi connectivity index (χ2v) is 3.59. The first-order valence-corrected chi connectivity index (χ1v) is 5.00. The van der Waals surface area contributed by atoms with Crippen LogP contribution in [0.4, 0.5) is 0 Å². The third-order valence-electron chi connectivity index (χ3n) is 2.36. The Morgan fingerprint density at radius 3 is 2.57 bits per heavy atom. The van der Waals surface area contributed by atoms with Crippen molar-refractivity contribution in [3.63, 3.8) is 0 Å². The highest BCUT2D eigenvalue weighted by Crippen LogP contribution is 2.26. The number of hydrogen-bond donors (Lipinski definition) is 1. The summed E-state index contributed by atoms with van der Waals surface area (Å²) in [7, 11) is 0. The molecule has 0 spiro atoms. The number of hydrogen-bond acceptors (Lipinski definition) is 2. The maximum atomic E-state index is 9.96. The lowest BCUT2D eigenvalue weighted by Crippen LogP contribution is -2.29. The van der Waals surface area contributed by atoms with Crippen molar-refractivity contribution in [1.82, 2.24) is 0 Å². The van der Waals surface area contributed by atoms with Gasteiger partial charge in [-0.15, -0.1) is 6.42 Å². The van der Waals surface area contributed by atoms with Crippen LogP contribution in [0, 0.1) is 24.2 Å². The van der Waals surface area contributed by atoms with Crippen molar-refractivity contribution in [2.75, 3.05) is 13.2 Å². The summed E-state index contributed by atoms with van der Waals surface area (Å²) in [4.78, 5) is 0. The molecule has 0 amide bonds. The molecule has 14 heavy (non-hydrogen) atoms. The summed E-state index contributed by atoms with van der Waals surface area (Å²) >= 11 is 0. The van der Waals surface area contributed by atoms with E-state index in [0.29, 0.717) is 6.61 Å². The molecule has 1 fully saturated rings. The largest absolute Gasteiger partial charge is 0.378 e. The molecule has 76 valence electrons. The summed E-state index contributed by atoms with van der Waals surface area (Å²) in [6.45, 7) is 0.597. The van der Waals surface area contributed by atoms with Crippen molar-refractivity contribution in [3.8, 4) is 24.2 Å². The van der Waals surface area contributed by atoms with Gasteiger partial charge in [0.1, 0.15) is 18.8 Å². The van der Waals surface area contributed by atoms with Crippen LogP contribution in [0.25, 0.3) is 0 Å². The molecule has 1 saturated carbocycles. The average Bonchev–Trinajstić information content (AvgIpc) is 2.18. The van der Waals surface area contributed by atoms with Crippen LogP contribution in [0.15, 0.2) is 0 Å². The van der Waals surface area contributed by atoms with Gasteiger partial charge in [-0.05, 0) is 25.7 Å². The summed E-state index contributed by atoms with van der Waals surface area (Å²) in [5.74, 6) is 8.04. The van der Waals surface area contributed by atoms with E-state index in [1.807, 2.05) is 0 Å². The normalized spacial score (nSPS) is 19.1.